The minimum Gasteiger partial charge on any atom is -1.00 e. The Balaban J connectivity index is 0.00000210. The predicted molar refractivity (Wildman–Crippen MR) is 105 cm³/mol. The van der Waals surface area contributed by atoms with E-state index in [1.165, 1.54) is 27.3 Å². The van der Waals surface area contributed by atoms with Crippen LogP contribution < -0.4 is 22.7 Å². The quantitative estimate of drug-likeness (QED) is 0.336. The number of hydrogen-bond acceptors (Lipinski definition) is 3. The van der Waals surface area contributed by atoms with E-state index in [-0.39, 0.29) is 18.2 Å². The maximum Gasteiger partial charge on any atom is 0.177 e. The lowest BCUT2D eigenvalue weighted by molar-refractivity contribution is -0.697. The molecule has 0 bridgehead atoms. The lowest BCUT2D eigenvalue weighted by Gasteiger charge is -2.08. The molecule has 0 spiro atoms. The Morgan fingerprint density at radius 3 is 2.67 bits per heavy atom. The third-order valence-corrected chi connectivity index (χ3v) is 5.11. The summed E-state index contributed by atoms with van der Waals surface area (Å²) in [5.74, 6) is 0.288. The van der Waals surface area contributed by atoms with Gasteiger partial charge in [0.1, 0.15) is 12.4 Å². The molecule has 142 valence electrons. The molecule has 0 saturated carbocycles. The molecule has 4 aromatic rings. The molecule has 6 heteroatoms. The maximum absolute atomic E-state index is 9.93. The molecule has 4 N–H and O–H groups in total. The van der Waals surface area contributed by atoms with E-state index in [2.05, 4.69) is 41.9 Å². The lowest BCUT2D eigenvalue weighted by Crippen LogP contribution is -3.00. The van der Waals surface area contributed by atoms with Gasteiger partial charge in [0.05, 0.1) is 12.1 Å². The van der Waals surface area contributed by atoms with Crippen molar-refractivity contribution in [3.8, 4) is 5.75 Å². The first kappa shape index (κ1) is 19.4. The molecule has 2 heterocycles. The van der Waals surface area contributed by atoms with E-state index in [1.807, 2.05) is 12.1 Å². The molecule has 2 aromatic heterocycles. The van der Waals surface area contributed by atoms with Crippen LogP contribution in [0.5, 0.6) is 5.75 Å². The summed E-state index contributed by atoms with van der Waals surface area (Å²) in [4.78, 5) is 3.52. The summed E-state index contributed by atoms with van der Waals surface area (Å²) in [7, 11) is 0. The van der Waals surface area contributed by atoms with Crippen molar-refractivity contribution in [2.24, 2.45) is 5.73 Å². The SMILES string of the molecule is Cc1c2cc[n+](CCOCCN)cc2c(C)c2c1[nH]c1ccc(O)cc12.[Cl-]. The largest absolute Gasteiger partial charge is 1.00 e. The highest BCUT2D eigenvalue weighted by molar-refractivity contribution is 6.16. The molecule has 4 rings (SSSR count). The summed E-state index contributed by atoms with van der Waals surface area (Å²) >= 11 is 0. The molecular formula is C21H24ClN3O2. The highest BCUT2D eigenvalue weighted by Crippen LogP contribution is 2.36. The fourth-order valence-electron chi connectivity index (χ4n) is 3.78. The standard InChI is InChI=1S/C21H23N3O2.ClH/c1-13-18-12-24(8-10-26-9-6-22)7-5-16(18)14(2)21-20(13)17-11-15(25)3-4-19(17)23-21;/h3-5,7,11-12,25H,6,8-10,22H2,1-2H3;1H. The summed E-state index contributed by atoms with van der Waals surface area (Å²) in [6.07, 6.45) is 4.28. The smallest absolute Gasteiger partial charge is 0.177 e. The Morgan fingerprint density at radius 1 is 1.07 bits per heavy atom. The van der Waals surface area contributed by atoms with Crippen LogP contribution in [0.2, 0.25) is 0 Å². The minimum absolute atomic E-state index is 0. The van der Waals surface area contributed by atoms with Crippen molar-refractivity contribution in [1.29, 1.82) is 0 Å². The number of pyridine rings is 1. The van der Waals surface area contributed by atoms with Crippen LogP contribution in [0.3, 0.4) is 0 Å². The van der Waals surface area contributed by atoms with Crippen LogP contribution in [0.1, 0.15) is 11.1 Å². The third-order valence-electron chi connectivity index (χ3n) is 5.11. The molecule has 2 aromatic carbocycles. The highest BCUT2D eigenvalue weighted by atomic mass is 35.5. The van der Waals surface area contributed by atoms with Crippen LogP contribution in [-0.4, -0.2) is 29.8 Å². The van der Waals surface area contributed by atoms with Gasteiger partial charge >= 0.3 is 0 Å². The Kier molecular flexibility index (Phi) is 5.56. The molecule has 0 atom stereocenters. The number of H-pyrrole nitrogens is 1. The number of nitrogens with two attached hydrogens (primary N) is 1. The molecule has 0 aliphatic rings. The molecule has 0 aliphatic heterocycles. The third kappa shape index (κ3) is 3.34. The van der Waals surface area contributed by atoms with Gasteiger partial charge < -0.3 is 33.0 Å². The van der Waals surface area contributed by atoms with Crippen molar-refractivity contribution in [1.82, 2.24) is 4.98 Å². The van der Waals surface area contributed by atoms with Crippen molar-refractivity contribution < 1.29 is 26.8 Å². The fraction of sp³-hybridized carbons (Fsp3) is 0.286. The van der Waals surface area contributed by atoms with Gasteiger partial charge in [-0.2, -0.15) is 0 Å². The van der Waals surface area contributed by atoms with Gasteiger partial charge in [-0.25, -0.2) is 4.57 Å². The van der Waals surface area contributed by atoms with E-state index >= 15 is 0 Å². The van der Waals surface area contributed by atoms with E-state index in [0.717, 1.165) is 23.0 Å². The molecule has 0 saturated heterocycles. The number of benzene rings is 2. The first-order valence-corrected chi connectivity index (χ1v) is 8.94. The van der Waals surface area contributed by atoms with Crippen molar-refractivity contribution >= 4 is 32.6 Å². The monoisotopic (exact) mass is 385 g/mol. The Morgan fingerprint density at radius 2 is 1.89 bits per heavy atom. The summed E-state index contributed by atoms with van der Waals surface area (Å²) in [5.41, 5.74) is 10.1. The average Bonchev–Trinajstić information content (AvgIpc) is 3.02. The molecule has 0 amide bonds. The lowest BCUT2D eigenvalue weighted by atomic mass is 9.97. The highest BCUT2D eigenvalue weighted by Gasteiger charge is 2.16. The molecule has 0 fully saturated rings. The van der Waals surface area contributed by atoms with Crippen LogP contribution in [0.25, 0.3) is 32.6 Å². The van der Waals surface area contributed by atoms with Gasteiger partial charge in [-0.1, -0.05) is 0 Å². The van der Waals surface area contributed by atoms with E-state index in [4.69, 9.17) is 10.5 Å². The van der Waals surface area contributed by atoms with Gasteiger partial charge in [-0.3, -0.25) is 0 Å². The zero-order valence-electron chi connectivity index (χ0n) is 15.6. The molecule has 5 nitrogen and oxygen atoms in total. The number of hydrogen-bond donors (Lipinski definition) is 3. The van der Waals surface area contributed by atoms with Crippen molar-refractivity contribution in [3.05, 3.63) is 47.8 Å². The maximum atomic E-state index is 9.93. The van der Waals surface area contributed by atoms with Gasteiger partial charge in [0, 0.05) is 34.3 Å². The van der Waals surface area contributed by atoms with Crippen LogP contribution >= 0.6 is 0 Å². The summed E-state index contributed by atoms with van der Waals surface area (Å²) in [6, 6.07) is 7.66. The molecule has 27 heavy (non-hydrogen) atoms. The van der Waals surface area contributed by atoms with Crippen LogP contribution in [0.4, 0.5) is 0 Å². The van der Waals surface area contributed by atoms with Gasteiger partial charge in [0.2, 0.25) is 0 Å². The fourth-order valence-corrected chi connectivity index (χ4v) is 3.78. The second kappa shape index (κ2) is 7.72. The summed E-state index contributed by atoms with van der Waals surface area (Å²) in [6.45, 7) is 6.87. The number of aromatic hydroxyl groups is 1. The van der Waals surface area contributed by atoms with Crippen LogP contribution in [0.15, 0.2) is 36.7 Å². The number of ether oxygens (including phenoxy) is 1. The summed E-state index contributed by atoms with van der Waals surface area (Å²) < 4.78 is 7.66. The topological polar surface area (TPSA) is 75.1 Å². The first-order valence-electron chi connectivity index (χ1n) is 8.94. The summed E-state index contributed by atoms with van der Waals surface area (Å²) in [5, 5.41) is 14.6. The normalized spacial score (nSPS) is 11.4. The Labute approximate surface area is 164 Å². The van der Waals surface area contributed by atoms with E-state index in [9.17, 15) is 5.11 Å². The molecule has 0 radical (unpaired) electrons. The van der Waals surface area contributed by atoms with E-state index in [0.29, 0.717) is 19.8 Å². The first-order chi connectivity index (χ1) is 12.6. The number of rotatable bonds is 5. The number of halogens is 1. The van der Waals surface area contributed by atoms with Crippen LogP contribution in [-0.2, 0) is 11.3 Å². The molecule has 0 aliphatic carbocycles. The van der Waals surface area contributed by atoms with Gasteiger partial charge in [-0.05, 0) is 48.6 Å². The minimum atomic E-state index is 0. The number of aromatic nitrogens is 2. The second-order valence-corrected chi connectivity index (χ2v) is 6.77. The number of nitrogens with zero attached hydrogens (tertiary/aromatic N) is 1. The van der Waals surface area contributed by atoms with Gasteiger partial charge in [0.15, 0.2) is 18.9 Å². The zero-order chi connectivity index (χ0) is 18.3. The van der Waals surface area contributed by atoms with Crippen molar-refractivity contribution in [2.75, 3.05) is 19.8 Å². The Hall–Kier alpha value is -2.34. The van der Waals surface area contributed by atoms with Crippen LogP contribution in [0, 0.1) is 13.8 Å². The van der Waals surface area contributed by atoms with E-state index < -0.39 is 0 Å². The number of aryl methyl sites for hydroxylation is 2. The average molecular weight is 386 g/mol. The van der Waals surface area contributed by atoms with Gasteiger partial charge in [0.25, 0.3) is 0 Å². The number of nitrogens with one attached hydrogen (secondary N) is 1. The molecule has 0 unspecified atom stereocenters. The number of fused-ring (bicyclic) bond motifs is 4. The van der Waals surface area contributed by atoms with E-state index in [1.54, 1.807) is 6.07 Å². The predicted octanol–water partition coefficient (Wildman–Crippen LogP) is 0.0635. The van der Waals surface area contributed by atoms with Crippen molar-refractivity contribution in [3.63, 3.8) is 0 Å². The Bertz CT molecular complexity index is 1120. The van der Waals surface area contributed by atoms with Gasteiger partial charge in [-0.15, -0.1) is 0 Å². The number of aromatic amines is 1. The molecular weight excluding hydrogens is 362 g/mol. The number of phenols is 1. The van der Waals surface area contributed by atoms with Crippen molar-refractivity contribution in [2.45, 2.75) is 20.4 Å². The number of phenolic OH excluding ortho intramolecular Hbond substituents is 1. The zero-order valence-corrected chi connectivity index (χ0v) is 16.3. The second-order valence-electron chi connectivity index (χ2n) is 6.77.